The van der Waals surface area contributed by atoms with E-state index in [-0.39, 0.29) is 6.42 Å². The number of rotatable bonds is 5. The maximum Gasteiger partial charge on any atom is 0.304 e. The Morgan fingerprint density at radius 3 is 2.82 bits per heavy atom. The first-order chi connectivity index (χ1) is 5.20. The zero-order valence-electron chi connectivity index (χ0n) is 6.84. The molecule has 3 nitrogen and oxygen atoms in total. The van der Waals surface area contributed by atoms with Gasteiger partial charge in [0, 0.05) is 6.54 Å². The predicted octanol–water partition coefficient (Wildman–Crippen LogP) is 0.707. The Kier molecular flexibility index (Phi) is 2.88. The number of hydrogen-bond acceptors (Lipinski definition) is 2. The highest BCUT2D eigenvalue weighted by Gasteiger charge is 2.31. The Balaban J connectivity index is 1.85. The smallest absolute Gasteiger partial charge is 0.304 e. The fourth-order valence-corrected chi connectivity index (χ4v) is 1.17. The average molecular weight is 157 g/mol. The van der Waals surface area contributed by atoms with Crippen LogP contribution in [-0.2, 0) is 4.79 Å². The molecule has 2 unspecified atom stereocenters. The van der Waals surface area contributed by atoms with Gasteiger partial charge in [-0.1, -0.05) is 6.92 Å². The molecule has 11 heavy (non-hydrogen) atoms. The van der Waals surface area contributed by atoms with Crippen LogP contribution < -0.4 is 5.32 Å². The lowest BCUT2D eigenvalue weighted by molar-refractivity contribution is -0.136. The summed E-state index contributed by atoms with van der Waals surface area (Å²) in [7, 11) is 0. The first-order valence-corrected chi connectivity index (χ1v) is 4.12. The van der Waals surface area contributed by atoms with Gasteiger partial charge in [-0.15, -0.1) is 0 Å². The number of carboxylic acid groups (broad SMARTS) is 1. The van der Waals surface area contributed by atoms with E-state index in [2.05, 4.69) is 12.2 Å². The molecule has 0 aromatic carbocycles. The van der Waals surface area contributed by atoms with E-state index in [1.165, 1.54) is 6.42 Å². The van der Waals surface area contributed by atoms with Crippen molar-refractivity contribution in [3.63, 3.8) is 0 Å². The molecule has 1 fully saturated rings. The molecule has 1 aliphatic carbocycles. The molecule has 0 aromatic heterocycles. The second kappa shape index (κ2) is 3.72. The number of carbonyl (C=O) groups is 1. The average Bonchev–Trinajstić information content (AvgIpc) is 2.59. The van der Waals surface area contributed by atoms with Gasteiger partial charge in [0.25, 0.3) is 0 Å². The van der Waals surface area contributed by atoms with Crippen LogP contribution in [0.15, 0.2) is 0 Å². The number of nitrogens with one attached hydrogen (secondary N) is 1. The van der Waals surface area contributed by atoms with Crippen LogP contribution in [0.1, 0.15) is 19.8 Å². The van der Waals surface area contributed by atoms with Crippen molar-refractivity contribution in [2.75, 3.05) is 13.1 Å². The fraction of sp³-hybridized carbons (Fsp3) is 0.875. The molecule has 0 saturated heterocycles. The molecule has 0 aromatic rings. The second-order valence-electron chi connectivity index (χ2n) is 3.32. The molecule has 64 valence electrons. The van der Waals surface area contributed by atoms with Crippen LogP contribution in [0.2, 0.25) is 0 Å². The Labute approximate surface area is 66.8 Å². The third-order valence-electron chi connectivity index (χ3n) is 2.20. The van der Waals surface area contributed by atoms with Crippen LogP contribution in [0.3, 0.4) is 0 Å². The van der Waals surface area contributed by atoms with Gasteiger partial charge >= 0.3 is 5.97 Å². The van der Waals surface area contributed by atoms with Crippen LogP contribution in [0.4, 0.5) is 0 Å². The van der Waals surface area contributed by atoms with Gasteiger partial charge in [-0.25, -0.2) is 0 Å². The summed E-state index contributed by atoms with van der Waals surface area (Å²) in [6.45, 7) is 3.83. The third-order valence-corrected chi connectivity index (χ3v) is 2.20. The molecule has 0 heterocycles. The zero-order chi connectivity index (χ0) is 8.27. The summed E-state index contributed by atoms with van der Waals surface area (Å²) < 4.78 is 0. The SMILES string of the molecule is CC1CC1CNCCC(=O)O. The lowest BCUT2D eigenvalue weighted by atomic mass is 10.3. The lowest BCUT2D eigenvalue weighted by Crippen LogP contribution is -2.20. The van der Waals surface area contributed by atoms with E-state index in [0.717, 1.165) is 18.4 Å². The van der Waals surface area contributed by atoms with Crippen molar-refractivity contribution in [3.8, 4) is 0 Å². The molecule has 1 saturated carbocycles. The minimum Gasteiger partial charge on any atom is -0.481 e. The summed E-state index contributed by atoms with van der Waals surface area (Å²) in [5.74, 6) is 0.942. The molecular formula is C8H15NO2. The molecule has 0 radical (unpaired) electrons. The molecule has 1 rings (SSSR count). The lowest BCUT2D eigenvalue weighted by Gasteiger charge is -1.99. The van der Waals surface area contributed by atoms with Gasteiger partial charge in [0.2, 0.25) is 0 Å². The molecule has 0 spiro atoms. The predicted molar refractivity (Wildman–Crippen MR) is 42.4 cm³/mol. The summed E-state index contributed by atoms with van der Waals surface area (Å²) in [5.41, 5.74) is 0. The first-order valence-electron chi connectivity index (χ1n) is 4.12. The molecule has 3 heteroatoms. The van der Waals surface area contributed by atoms with Gasteiger partial charge in [-0.3, -0.25) is 4.79 Å². The standard InChI is InChI=1S/C8H15NO2/c1-6-4-7(6)5-9-3-2-8(10)11/h6-7,9H,2-5H2,1H3,(H,10,11). The van der Waals surface area contributed by atoms with Crippen LogP contribution in [0.25, 0.3) is 0 Å². The molecule has 2 atom stereocenters. The summed E-state index contributed by atoms with van der Waals surface area (Å²) in [5, 5.41) is 11.4. The maximum atomic E-state index is 10.1. The van der Waals surface area contributed by atoms with Crippen molar-refractivity contribution in [1.82, 2.24) is 5.32 Å². The van der Waals surface area contributed by atoms with Crippen molar-refractivity contribution in [2.24, 2.45) is 11.8 Å². The number of hydrogen-bond donors (Lipinski definition) is 2. The quantitative estimate of drug-likeness (QED) is 0.578. The molecule has 0 aliphatic heterocycles. The summed E-state index contributed by atoms with van der Waals surface area (Å²) in [6.07, 6.45) is 1.54. The van der Waals surface area contributed by atoms with Gasteiger partial charge in [0.15, 0.2) is 0 Å². The van der Waals surface area contributed by atoms with Crippen molar-refractivity contribution in [2.45, 2.75) is 19.8 Å². The highest BCUT2D eigenvalue weighted by atomic mass is 16.4. The summed E-state index contributed by atoms with van der Waals surface area (Å²) >= 11 is 0. The molecular weight excluding hydrogens is 142 g/mol. The van der Waals surface area contributed by atoms with Crippen molar-refractivity contribution < 1.29 is 9.90 Å². The molecule has 0 bridgehead atoms. The molecule has 2 N–H and O–H groups in total. The maximum absolute atomic E-state index is 10.1. The van der Waals surface area contributed by atoms with Gasteiger partial charge < -0.3 is 10.4 Å². The summed E-state index contributed by atoms with van der Waals surface area (Å²) in [6, 6.07) is 0. The summed E-state index contributed by atoms with van der Waals surface area (Å²) in [4.78, 5) is 10.1. The van der Waals surface area contributed by atoms with Gasteiger partial charge in [0.05, 0.1) is 6.42 Å². The monoisotopic (exact) mass is 157 g/mol. The topological polar surface area (TPSA) is 49.3 Å². The van der Waals surface area contributed by atoms with Gasteiger partial charge in [0.1, 0.15) is 0 Å². The van der Waals surface area contributed by atoms with Gasteiger partial charge in [-0.2, -0.15) is 0 Å². The van der Waals surface area contributed by atoms with Crippen molar-refractivity contribution >= 4 is 5.97 Å². The van der Waals surface area contributed by atoms with Crippen LogP contribution in [-0.4, -0.2) is 24.2 Å². The number of aliphatic carboxylic acids is 1. The number of carboxylic acids is 1. The zero-order valence-corrected chi connectivity index (χ0v) is 6.84. The van der Waals surface area contributed by atoms with Crippen LogP contribution in [0.5, 0.6) is 0 Å². The van der Waals surface area contributed by atoms with E-state index >= 15 is 0 Å². The van der Waals surface area contributed by atoms with E-state index in [9.17, 15) is 4.79 Å². The van der Waals surface area contributed by atoms with Crippen LogP contribution in [0, 0.1) is 11.8 Å². The van der Waals surface area contributed by atoms with E-state index in [4.69, 9.17) is 5.11 Å². The second-order valence-corrected chi connectivity index (χ2v) is 3.32. The Morgan fingerprint density at radius 1 is 1.73 bits per heavy atom. The Hall–Kier alpha value is -0.570. The third kappa shape index (κ3) is 3.37. The van der Waals surface area contributed by atoms with E-state index < -0.39 is 5.97 Å². The van der Waals surface area contributed by atoms with E-state index in [1.807, 2.05) is 0 Å². The fourth-order valence-electron chi connectivity index (χ4n) is 1.17. The van der Waals surface area contributed by atoms with Crippen molar-refractivity contribution in [1.29, 1.82) is 0 Å². The molecule has 0 amide bonds. The van der Waals surface area contributed by atoms with Crippen molar-refractivity contribution in [3.05, 3.63) is 0 Å². The van der Waals surface area contributed by atoms with E-state index in [0.29, 0.717) is 6.54 Å². The minimum atomic E-state index is -0.721. The molecule has 1 aliphatic rings. The normalized spacial score (nSPS) is 28.5. The Morgan fingerprint density at radius 2 is 2.36 bits per heavy atom. The van der Waals surface area contributed by atoms with Gasteiger partial charge in [-0.05, 0) is 24.8 Å². The highest BCUT2D eigenvalue weighted by molar-refractivity contribution is 5.66. The van der Waals surface area contributed by atoms with E-state index in [1.54, 1.807) is 0 Å². The first kappa shape index (κ1) is 8.53. The Bertz CT molecular complexity index is 147. The highest BCUT2D eigenvalue weighted by Crippen LogP contribution is 2.36. The minimum absolute atomic E-state index is 0.237. The van der Waals surface area contributed by atoms with Crippen LogP contribution >= 0.6 is 0 Å². The largest absolute Gasteiger partial charge is 0.481 e.